The molecule has 126 valence electrons. The fraction of sp³-hybridized carbons (Fsp3) is 0.412. The van der Waals surface area contributed by atoms with E-state index in [0.717, 1.165) is 31.1 Å². The Morgan fingerprint density at radius 3 is 2.71 bits per heavy atom. The highest BCUT2D eigenvalue weighted by atomic mass is 16.7. The van der Waals surface area contributed by atoms with E-state index in [1.165, 1.54) is 11.8 Å². The van der Waals surface area contributed by atoms with Gasteiger partial charge in [-0.25, -0.2) is 4.98 Å². The Morgan fingerprint density at radius 2 is 1.96 bits per heavy atom. The molecule has 0 atom stereocenters. The highest BCUT2D eigenvalue weighted by molar-refractivity contribution is 5.91. The van der Waals surface area contributed by atoms with Crippen molar-refractivity contribution in [3.63, 3.8) is 0 Å². The lowest BCUT2D eigenvalue weighted by Gasteiger charge is -2.34. The fourth-order valence-corrected chi connectivity index (χ4v) is 3.02. The Kier molecular flexibility index (Phi) is 3.86. The van der Waals surface area contributed by atoms with Crippen LogP contribution >= 0.6 is 0 Å². The third-order valence-electron chi connectivity index (χ3n) is 4.33. The van der Waals surface area contributed by atoms with E-state index < -0.39 is 0 Å². The first-order chi connectivity index (χ1) is 11.7. The van der Waals surface area contributed by atoms with Crippen LogP contribution in [0.25, 0.3) is 0 Å². The third-order valence-corrected chi connectivity index (χ3v) is 4.33. The van der Waals surface area contributed by atoms with Crippen LogP contribution in [0.2, 0.25) is 0 Å². The van der Waals surface area contributed by atoms with Crippen LogP contribution in [0.3, 0.4) is 0 Å². The molecule has 0 unspecified atom stereocenters. The van der Waals surface area contributed by atoms with Crippen LogP contribution in [0.5, 0.6) is 11.5 Å². The van der Waals surface area contributed by atoms with Gasteiger partial charge >= 0.3 is 0 Å². The van der Waals surface area contributed by atoms with E-state index in [-0.39, 0.29) is 5.91 Å². The summed E-state index contributed by atoms with van der Waals surface area (Å²) >= 11 is 0. The summed E-state index contributed by atoms with van der Waals surface area (Å²) in [6.45, 7) is 5.88. The minimum absolute atomic E-state index is 0.0849. The lowest BCUT2D eigenvalue weighted by Crippen LogP contribution is -2.48. The van der Waals surface area contributed by atoms with E-state index in [2.05, 4.69) is 16.0 Å². The minimum atomic E-state index is -0.0849. The molecule has 0 radical (unpaired) electrons. The summed E-state index contributed by atoms with van der Waals surface area (Å²) in [5, 5.41) is 0. The van der Waals surface area contributed by atoms with Crippen LogP contribution in [-0.2, 0) is 6.54 Å². The summed E-state index contributed by atoms with van der Waals surface area (Å²) in [6.07, 6.45) is 1.50. The Morgan fingerprint density at radius 1 is 1.17 bits per heavy atom. The number of carbonyl (C=O) groups is 1. The number of aromatic nitrogens is 1. The van der Waals surface area contributed by atoms with Gasteiger partial charge in [-0.05, 0) is 17.7 Å². The van der Waals surface area contributed by atoms with E-state index in [9.17, 15) is 4.79 Å². The second kappa shape index (κ2) is 6.16. The number of benzene rings is 1. The molecular formula is C17H19N3O4. The quantitative estimate of drug-likeness (QED) is 0.853. The molecule has 3 heterocycles. The monoisotopic (exact) mass is 329 g/mol. The van der Waals surface area contributed by atoms with Crippen molar-refractivity contribution < 1.29 is 18.7 Å². The molecule has 0 bridgehead atoms. The lowest BCUT2D eigenvalue weighted by molar-refractivity contribution is 0.0596. The SMILES string of the molecule is Cc1ncc(C(=O)N2CCN(Cc3ccc4c(c3)OCO4)CC2)o1. The Bertz CT molecular complexity index is 750. The van der Waals surface area contributed by atoms with Crippen molar-refractivity contribution in [2.24, 2.45) is 0 Å². The molecule has 1 aromatic heterocycles. The summed E-state index contributed by atoms with van der Waals surface area (Å²) in [7, 11) is 0. The van der Waals surface area contributed by atoms with E-state index in [4.69, 9.17) is 13.9 Å². The van der Waals surface area contributed by atoms with Crippen molar-refractivity contribution in [1.29, 1.82) is 0 Å². The summed E-state index contributed by atoms with van der Waals surface area (Å²) in [5.41, 5.74) is 1.19. The number of hydrogen-bond acceptors (Lipinski definition) is 6. The molecule has 1 aromatic carbocycles. The Hall–Kier alpha value is -2.54. The first-order valence-electron chi connectivity index (χ1n) is 8.01. The molecule has 7 nitrogen and oxygen atoms in total. The molecule has 24 heavy (non-hydrogen) atoms. The predicted octanol–water partition coefficient (Wildman–Crippen LogP) is 1.67. The number of ether oxygens (including phenoxy) is 2. The minimum Gasteiger partial charge on any atom is -0.454 e. The maximum absolute atomic E-state index is 12.3. The standard InChI is InChI=1S/C17H19N3O4/c1-12-18-9-16(24-12)17(21)20-6-4-19(5-7-20)10-13-2-3-14-15(8-13)23-11-22-14/h2-3,8-9H,4-7,10-11H2,1H3. The average molecular weight is 329 g/mol. The van der Waals surface area contributed by atoms with Gasteiger partial charge in [0.1, 0.15) is 0 Å². The molecule has 2 aromatic rings. The number of carbonyl (C=O) groups excluding carboxylic acids is 1. The number of rotatable bonds is 3. The Labute approximate surface area is 139 Å². The topological polar surface area (TPSA) is 68.0 Å². The third kappa shape index (κ3) is 2.94. The normalized spacial score (nSPS) is 17.3. The van der Waals surface area contributed by atoms with Crippen molar-refractivity contribution >= 4 is 5.91 Å². The number of nitrogens with zero attached hydrogens (tertiary/aromatic N) is 3. The largest absolute Gasteiger partial charge is 0.454 e. The zero-order chi connectivity index (χ0) is 16.5. The zero-order valence-corrected chi connectivity index (χ0v) is 13.5. The van der Waals surface area contributed by atoms with Gasteiger partial charge in [-0.1, -0.05) is 6.07 Å². The molecular weight excluding hydrogens is 310 g/mol. The first-order valence-corrected chi connectivity index (χ1v) is 8.01. The molecule has 1 amide bonds. The molecule has 0 saturated carbocycles. The number of amides is 1. The highest BCUT2D eigenvalue weighted by Crippen LogP contribution is 2.32. The van der Waals surface area contributed by atoms with Crippen LogP contribution in [0.15, 0.2) is 28.8 Å². The molecule has 7 heteroatoms. The number of hydrogen-bond donors (Lipinski definition) is 0. The van der Waals surface area contributed by atoms with Crippen molar-refractivity contribution in [3.8, 4) is 11.5 Å². The van der Waals surface area contributed by atoms with Crippen molar-refractivity contribution in [3.05, 3.63) is 41.6 Å². The average Bonchev–Trinajstić information content (AvgIpc) is 3.23. The molecule has 0 aliphatic carbocycles. The molecule has 1 saturated heterocycles. The van der Waals surface area contributed by atoms with Crippen molar-refractivity contribution in [2.45, 2.75) is 13.5 Å². The van der Waals surface area contributed by atoms with E-state index >= 15 is 0 Å². The second-order valence-corrected chi connectivity index (χ2v) is 6.00. The number of oxazole rings is 1. The van der Waals surface area contributed by atoms with Gasteiger partial charge in [0.2, 0.25) is 12.6 Å². The second-order valence-electron chi connectivity index (χ2n) is 6.00. The van der Waals surface area contributed by atoms with Gasteiger partial charge < -0.3 is 18.8 Å². The fourth-order valence-electron chi connectivity index (χ4n) is 3.02. The molecule has 0 spiro atoms. The number of fused-ring (bicyclic) bond motifs is 1. The summed E-state index contributed by atoms with van der Waals surface area (Å²) in [6, 6.07) is 6.03. The predicted molar refractivity (Wildman–Crippen MR) is 85.0 cm³/mol. The van der Waals surface area contributed by atoms with Gasteiger partial charge in [-0.2, -0.15) is 0 Å². The summed E-state index contributed by atoms with van der Waals surface area (Å²) in [5.74, 6) is 2.35. The van der Waals surface area contributed by atoms with Crippen molar-refractivity contribution in [1.82, 2.24) is 14.8 Å². The molecule has 4 rings (SSSR count). The molecule has 2 aliphatic rings. The maximum atomic E-state index is 12.3. The van der Waals surface area contributed by atoms with Gasteiger partial charge in [0.25, 0.3) is 5.91 Å². The zero-order valence-electron chi connectivity index (χ0n) is 13.5. The van der Waals surface area contributed by atoms with Gasteiger partial charge in [0.05, 0.1) is 6.20 Å². The van der Waals surface area contributed by atoms with Crippen LogP contribution in [-0.4, -0.2) is 53.7 Å². The highest BCUT2D eigenvalue weighted by Gasteiger charge is 2.24. The molecule has 1 fully saturated rings. The smallest absolute Gasteiger partial charge is 0.291 e. The Balaban J connectivity index is 1.34. The van der Waals surface area contributed by atoms with Crippen LogP contribution in [0, 0.1) is 6.92 Å². The van der Waals surface area contributed by atoms with Gasteiger partial charge in [0.15, 0.2) is 17.4 Å². The van der Waals surface area contributed by atoms with Crippen LogP contribution in [0.1, 0.15) is 22.0 Å². The van der Waals surface area contributed by atoms with E-state index in [0.29, 0.717) is 31.5 Å². The van der Waals surface area contributed by atoms with Crippen molar-refractivity contribution in [2.75, 3.05) is 33.0 Å². The van der Waals surface area contributed by atoms with E-state index in [1.54, 1.807) is 6.92 Å². The number of piperazine rings is 1. The van der Waals surface area contributed by atoms with E-state index in [1.807, 2.05) is 17.0 Å². The van der Waals surface area contributed by atoms with Gasteiger partial charge in [0, 0.05) is 39.6 Å². The van der Waals surface area contributed by atoms with Crippen LogP contribution < -0.4 is 9.47 Å². The molecule has 2 aliphatic heterocycles. The maximum Gasteiger partial charge on any atom is 0.291 e. The lowest BCUT2D eigenvalue weighted by atomic mass is 10.1. The summed E-state index contributed by atoms with van der Waals surface area (Å²) < 4.78 is 16.1. The van der Waals surface area contributed by atoms with Gasteiger partial charge in [-0.3, -0.25) is 9.69 Å². The first kappa shape index (κ1) is 15.0. The van der Waals surface area contributed by atoms with Crippen LogP contribution in [0.4, 0.5) is 0 Å². The van der Waals surface area contributed by atoms with Gasteiger partial charge in [-0.15, -0.1) is 0 Å². The number of aryl methyl sites for hydroxylation is 1. The summed E-state index contributed by atoms with van der Waals surface area (Å²) in [4.78, 5) is 20.5. The molecule has 0 N–H and O–H groups in total.